The molecule has 0 saturated carbocycles. The number of likely N-dealkylation sites (tertiary alicyclic amines) is 1. The molecule has 3 heterocycles. The van der Waals surface area contributed by atoms with Crippen LogP contribution in [-0.4, -0.2) is 55.6 Å². The van der Waals surface area contributed by atoms with E-state index in [1.165, 1.54) is 58.4 Å². The van der Waals surface area contributed by atoms with Gasteiger partial charge in [0, 0.05) is 37.6 Å². The van der Waals surface area contributed by atoms with Crippen molar-refractivity contribution >= 4 is 11.3 Å². The molecule has 1 aromatic rings. The Morgan fingerprint density at radius 1 is 1.05 bits per heavy atom. The van der Waals surface area contributed by atoms with E-state index in [4.69, 9.17) is 0 Å². The highest BCUT2D eigenvalue weighted by molar-refractivity contribution is 7.10. The lowest BCUT2D eigenvalue weighted by Gasteiger charge is -2.36. The van der Waals surface area contributed by atoms with Crippen LogP contribution in [0, 0.1) is 0 Å². The minimum absolute atomic E-state index is 0.617. The molecule has 2 saturated heterocycles. The molecule has 1 N–H and O–H groups in total. The predicted molar refractivity (Wildman–Crippen MR) is 86.4 cm³/mol. The summed E-state index contributed by atoms with van der Waals surface area (Å²) in [5, 5.41) is 5.69. The first kappa shape index (κ1) is 14.5. The van der Waals surface area contributed by atoms with E-state index in [1.807, 2.05) is 11.3 Å². The number of hydrogen-bond donors (Lipinski definition) is 1. The fourth-order valence-corrected chi connectivity index (χ4v) is 4.26. The third-order valence-electron chi connectivity index (χ3n) is 4.59. The molecule has 112 valence electrons. The van der Waals surface area contributed by atoms with Crippen molar-refractivity contribution in [2.24, 2.45) is 0 Å². The zero-order valence-electron chi connectivity index (χ0n) is 12.4. The Balaban J connectivity index is 1.69. The number of rotatable bonds is 4. The van der Waals surface area contributed by atoms with Crippen LogP contribution < -0.4 is 5.32 Å². The van der Waals surface area contributed by atoms with Gasteiger partial charge >= 0.3 is 0 Å². The fraction of sp³-hybridized carbons (Fsp3) is 0.750. The lowest BCUT2D eigenvalue weighted by atomic mass is 10.1. The van der Waals surface area contributed by atoms with Gasteiger partial charge in [-0.1, -0.05) is 18.9 Å². The van der Waals surface area contributed by atoms with Gasteiger partial charge in [0.05, 0.1) is 6.04 Å². The Labute approximate surface area is 127 Å². The van der Waals surface area contributed by atoms with E-state index in [9.17, 15) is 0 Å². The summed E-state index contributed by atoms with van der Waals surface area (Å²) >= 11 is 1.94. The molecule has 0 radical (unpaired) electrons. The highest BCUT2D eigenvalue weighted by Gasteiger charge is 2.25. The summed E-state index contributed by atoms with van der Waals surface area (Å²) in [6.07, 6.45) is 5.59. The van der Waals surface area contributed by atoms with Crippen molar-refractivity contribution in [3.05, 3.63) is 22.4 Å². The lowest BCUT2D eigenvalue weighted by molar-refractivity contribution is 0.134. The van der Waals surface area contributed by atoms with Crippen LogP contribution in [0.3, 0.4) is 0 Å². The van der Waals surface area contributed by atoms with Gasteiger partial charge in [0.25, 0.3) is 0 Å². The summed E-state index contributed by atoms with van der Waals surface area (Å²) in [6, 6.07) is 5.16. The Hall–Kier alpha value is -0.420. The highest BCUT2D eigenvalue weighted by atomic mass is 32.1. The average Bonchev–Trinajstić information content (AvgIpc) is 2.88. The number of hydrogen-bond acceptors (Lipinski definition) is 4. The Kier molecular flexibility index (Phi) is 5.48. The maximum atomic E-state index is 3.46. The van der Waals surface area contributed by atoms with Crippen LogP contribution in [0.25, 0.3) is 0 Å². The molecule has 0 spiro atoms. The Morgan fingerprint density at radius 2 is 1.80 bits per heavy atom. The van der Waals surface area contributed by atoms with Crippen molar-refractivity contribution in [1.82, 2.24) is 15.1 Å². The second-order valence-electron chi connectivity index (χ2n) is 6.03. The number of thiophene rings is 1. The third-order valence-corrected chi connectivity index (χ3v) is 5.57. The molecule has 2 fully saturated rings. The SMILES string of the molecule is c1csc(C(CN2CCNCC2)N2CCCCCC2)c1. The minimum Gasteiger partial charge on any atom is -0.314 e. The average molecular weight is 293 g/mol. The monoisotopic (exact) mass is 293 g/mol. The van der Waals surface area contributed by atoms with Gasteiger partial charge in [-0.15, -0.1) is 11.3 Å². The molecular weight excluding hydrogens is 266 g/mol. The smallest absolute Gasteiger partial charge is 0.0569 e. The Bertz CT molecular complexity index is 365. The molecule has 0 aliphatic carbocycles. The topological polar surface area (TPSA) is 18.5 Å². The summed E-state index contributed by atoms with van der Waals surface area (Å²) in [5.74, 6) is 0. The zero-order valence-corrected chi connectivity index (χ0v) is 13.2. The van der Waals surface area contributed by atoms with Crippen molar-refractivity contribution in [1.29, 1.82) is 0 Å². The molecule has 20 heavy (non-hydrogen) atoms. The van der Waals surface area contributed by atoms with E-state index in [1.54, 1.807) is 4.88 Å². The maximum absolute atomic E-state index is 3.46. The van der Waals surface area contributed by atoms with Crippen molar-refractivity contribution < 1.29 is 0 Å². The van der Waals surface area contributed by atoms with Crippen LogP contribution in [-0.2, 0) is 0 Å². The molecule has 4 heteroatoms. The fourth-order valence-electron chi connectivity index (χ4n) is 3.41. The molecule has 1 aromatic heterocycles. The first-order valence-electron chi connectivity index (χ1n) is 8.14. The second-order valence-corrected chi connectivity index (χ2v) is 7.01. The normalized spacial score (nSPS) is 24.4. The molecule has 0 amide bonds. The van der Waals surface area contributed by atoms with E-state index in [-0.39, 0.29) is 0 Å². The predicted octanol–water partition coefficient (Wildman–Crippen LogP) is 2.57. The van der Waals surface area contributed by atoms with Gasteiger partial charge in [-0.3, -0.25) is 9.80 Å². The molecule has 0 aromatic carbocycles. The minimum atomic E-state index is 0.617. The van der Waals surface area contributed by atoms with E-state index < -0.39 is 0 Å². The summed E-state index contributed by atoms with van der Waals surface area (Å²) < 4.78 is 0. The molecule has 2 aliphatic rings. The third kappa shape index (κ3) is 3.82. The van der Waals surface area contributed by atoms with Crippen LogP contribution in [0.1, 0.15) is 36.6 Å². The van der Waals surface area contributed by atoms with Crippen molar-refractivity contribution in [2.75, 3.05) is 45.8 Å². The molecule has 3 nitrogen and oxygen atoms in total. The Morgan fingerprint density at radius 3 is 2.45 bits per heavy atom. The van der Waals surface area contributed by atoms with Crippen LogP contribution in [0.5, 0.6) is 0 Å². The van der Waals surface area contributed by atoms with Gasteiger partial charge in [0.15, 0.2) is 0 Å². The highest BCUT2D eigenvalue weighted by Crippen LogP contribution is 2.28. The van der Waals surface area contributed by atoms with Gasteiger partial charge in [0.1, 0.15) is 0 Å². The first-order valence-corrected chi connectivity index (χ1v) is 9.02. The van der Waals surface area contributed by atoms with E-state index >= 15 is 0 Å². The molecule has 0 bridgehead atoms. The van der Waals surface area contributed by atoms with Crippen molar-refractivity contribution in [3.8, 4) is 0 Å². The zero-order chi connectivity index (χ0) is 13.6. The van der Waals surface area contributed by atoms with Gasteiger partial charge in [0.2, 0.25) is 0 Å². The number of nitrogens with zero attached hydrogens (tertiary/aromatic N) is 2. The van der Waals surface area contributed by atoms with Gasteiger partial charge in [-0.05, 0) is 37.4 Å². The van der Waals surface area contributed by atoms with Crippen LogP contribution in [0.2, 0.25) is 0 Å². The largest absolute Gasteiger partial charge is 0.314 e. The van der Waals surface area contributed by atoms with Gasteiger partial charge in [-0.2, -0.15) is 0 Å². The van der Waals surface area contributed by atoms with Crippen molar-refractivity contribution in [3.63, 3.8) is 0 Å². The van der Waals surface area contributed by atoms with Crippen molar-refractivity contribution in [2.45, 2.75) is 31.7 Å². The summed E-state index contributed by atoms with van der Waals surface area (Å²) in [6.45, 7) is 8.49. The maximum Gasteiger partial charge on any atom is 0.0569 e. The summed E-state index contributed by atoms with van der Waals surface area (Å²) in [5.41, 5.74) is 0. The molecule has 3 rings (SSSR count). The van der Waals surface area contributed by atoms with Crippen LogP contribution >= 0.6 is 11.3 Å². The lowest BCUT2D eigenvalue weighted by Crippen LogP contribution is -2.47. The second kappa shape index (κ2) is 7.55. The van der Waals surface area contributed by atoms with E-state index in [0.717, 1.165) is 13.1 Å². The first-order chi connectivity index (χ1) is 9.93. The van der Waals surface area contributed by atoms with Crippen LogP contribution in [0.4, 0.5) is 0 Å². The summed E-state index contributed by atoms with van der Waals surface area (Å²) in [7, 11) is 0. The summed E-state index contributed by atoms with van der Waals surface area (Å²) in [4.78, 5) is 6.96. The van der Waals surface area contributed by atoms with E-state index in [0.29, 0.717) is 6.04 Å². The molecule has 1 atom stereocenters. The standard InChI is InChI=1S/C16H27N3S/c1-2-4-10-19(9-3-1)15(16-6-5-13-20-16)14-18-11-7-17-8-12-18/h5-6,13,15,17H,1-4,7-12,14H2. The number of piperazine rings is 1. The van der Waals surface area contributed by atoms with Gasteiger partial charge < -0.3 is 5.32 Å². The molecule has 2 aliphatic heterocycles. The molecular formula is C16H27N3S. The number of nitrogens with one attached hydrogen (secondary N) is 1. The van der Waals surface area contributed by atoms with Crippen LogP contribution in [0.15, 0.2) is 17.5 Å². The molecule has 1 unspecified atom stereocenters. The quantitative estimate of drug-likeness (QED) is 0.920. The van der Waals surface area contributed by atoms with Gasteiger partial charge in [-0.25, -0.2) is 0 Å². The van der Waals surface area contributed by atoms with E-state index in [2.05, 4.69) is 32.6 Å².